The van der Waals surface area contributed by atoms with Crippen molar-refractivity contribution in [1.29, 1.82) is 0 Å². The Balaban J connectivity index is 1.25. The predicted molar refractivity (Wildman–Crippen MR) is 118 cm³/mol. The summed E-state index contributed by atoms with van der Waals surface area (Å²) in [6.45, 7) is 4.11. The highest BCUT2D eigenvalue weighted by Gasteiger charge is 2.53. The van der Waals surface area contributed by atoms with Gasteiger partial charge in [-0.2, -0.15) is 0 Å². The van der Waals surface area contributed by atoms with E-state index in [0.717, 1.165) is 49.2 Å². The van der Waals surface area contributed by atoms with E-state index in [1.165, 1.54) is 0 Å². The van der Waals surface area contributed by atoms with Gasteiger partial charge in [-0.3, -0.25) is 9.47 Å². The number of hydrogen-bond acceptors (Lipinski definition) is 6. The molecule has 3 aromatic rings. The molecule has 2 aromatic heterocycles. The first-order valence-electron chi connectivity index (χ1n) is 10.6. The molecule has 0 bridgehead atoms. The zero-order valence-corrected chi connectivity index (χ0v) is 18.1. The largest absolute Gasteiger partial charge is 0.355 e. The second-order valence-corrected chi connectivity index (χ2v) is 9.42. The summed E-state index contributed by atoms with van der Waals surface area (Å²) in [7, 11) is 0. The molecule has 0 N–H and O–H groups in total. The molecule has 0 aliphatic carbocycles. The number of halogens is 3. The molecule has 3 aliphatic rings. The van der Waals surface area contributed by atoms with Gasteiger partial charge in [-0.1, -0.05) is 17.7 Å². The van der Waals surface area contributed by atoms with E-state index < -0.39 is 6.43 Å². The number of aromatic nitrogens is 4. The summed E-state index contributed by atoms with van der Waals surface area (Å²) in [4.78, 5) is 10.7. The molecule has 7 nitrogen and oxygen atoms in total. The van der Waals surface area contributed by atoms with Gasteiger partial charge < -0.3 is 9.80 Å². The maximum atomic E-state index is 13.1. The van der Waals surface area contributed by atoms with Crippen LogP contribution in [0.5, 0.6) is 0 Å². The summed E-state index contributed by atoms with van der Waals surface area (Å²) in [5, 5.41) is 9.44. The molecule has 1 aromatic carbocycles. The van der Waals surface area contributed by atoms with E-state index in [9.17, 15) is 8.78 Å². The SMILES string of the molecule is FC(F)CN1Cc2cc(Cl)ccc2-n2c(nnc2N2CC3(CN(c4ccccn4)C3)C2)C1. The third-order valence-electron chi connectivity index (χ3n) is 6.51. The maximum absolute atomic E-state index is 13.1. The molecule has 2 fully saturated rings. The van der Waals surface area contributed by atoms with Crippen molar-refractivity contribution in [3.63, 3.8) is 0 Å². The molecule has 0 saturated carbocycles. The first-order valence-corrected chi connectivity index (χ1v) is 11.0. The minimum atomic E-state index is -2.41. The Kier molecular flexibility index (Phi) is 4.58. The van der Waals surface area contributed by atoms with Crippen LogP contribution < -0.4 is 9.80 Å². The van der Waals surface area contributed by atoms with Crippen molar-refractivity contribution in [3.8, 4) is 5.69 Å². The monoisotopic (exact) mass is 457 g/mol. The molecular weight excluding hydrogens is 436 g/mol. The number of hydrogen-bond donors (Lipinski definition) is 0. The minimum Gasteiger partial charge on any atom is -0.355 e. The summed E-state index contributed by atoms with van der Waals surface area (Å²) in [5.74, 6) is 2.45. The lowest BCUT2D eigenvalue weighted by molar-refractivity contribution is 0.0804. The lowest BCUT2D eigenvalue weighted by Crippen LogP contribution is -2.73. The summed E-state index contributed by atoms with van der Waals surface area (Å²) in [6.07, 6.45) is -0.595. The molecule has 2 saturated heterocycles. The number of nitrogens with zero attached hydrogens (tertiary/aromatic N) is 7. The molecule has 1 spiro atoms. The number of pyridine rings is 1. The average molecular weight is 458 g/mol. The van der Waals surface area contributed by atoms with Crippen molar-refractivity contribution in [3.05, 3.63) is 59.0 Å². The number of anilines is 2. The average Bonchev–Trinajstić information content (AvgIpc) is 3.03. The van der Waals surface area contributed by atoms with Crippen molar-refractivity contribution in [2.24, 2.45) is 5.41 Å². The predicted octanol–water partition coefficient (Wildman–Crippen LogP) is 3.22. The maximum Gasteiger partial charge on any atom is 0.251 e. The second-order valence-electron chi connectivity index (χ2n) is 8.99. The van der Waals surface area contributed by atoms with E-state index in [2.05, 4.69) is 25.0 Å². The highest BCUT2D eigenvalue weighted by molar-refractivity contribution is 6.30. The lowest BCUT2D eigenvalue weighted by Gasteiger charge is -2.60. The van der Waals surface area contributed by atoms with Gasteiger partial charge in [0.15, 0.2) is 5.82 Å². The lowest BCUT2D eigenvalue weighted by atomic mass is 9.73. The van der Waals surface area contributed by atoms with Crippen LogP contribution in [0.4, 0.5) is 20.5 Å². The van der Waals surface area contributed by atoms with Crippen LogP contribution in [-0.2, 0) is 13.1 Å². The highest BCUT2D eigenvalue weighted by atomic mass is 35.5. The van der Waals surface area contributed by atoms with Gasteiger partial charge in [-0.15, -0.1) is 10.2 Å². The van der Waals surface area contributed by atoms with Crippen molar-refractivity contribution < 1.29 is 8.78 Å². The van der Waals surface area contributed by atoms with Crippen LogP contribution >= 0.6 is 11.6 Å². The van der Waals surface area contributed by atoms with Crippen LogP contribution in [0.3, 0.4) is 0 Å². The summed E-state index contributed by atoms with van der Waals surface area (Å²) in [6, 6.07) is 11.6. The third-order valence-corrected chi connectivity index (χ3v) is 6.75. The first-order chi connectivity index (χ1) is 15.5. The Morgan fingerprint density at radius 2 is 1.81 bits per heavy atom. The summed E-state index contributed by atoms with van der Waals surface area (Å²) >= 11 is 6.23. The quantitative estimate of drug-likeness (QED) is 0.599. The Morgan fingerprint density at radius 3 is 2.56 bits per heavy atom. The van der Waals surface area contributed by atoms with Gasteiger partial charge in [0.25, 0.3) is 6.43 Å². The van der Waals surface area contributed by atoms with Crippen LogP contribution in [0.25, 0.3) is 5.69 Å². The zero-order chi connectivity index (χ0) is 21.9. The molecule has 3 aliphatic heterocycles. The Morgan fingerprint density at radius 1 is 1.00 bits per heavy atom. The Bertz CT molecular complexity index is 1140. The first kappa shape index (κ1) is 19.9. The van der Waals surface area contributed by atoms with Gasteiger partial charge in [0.2, 0.25) is 5.95 Å². The molecule has 0 unspecified atom stereocenters. The molecule has 0 atom stereocenters. The van der Waals surface area contributed by atoms with Gasteiger partial charge in [-0.05, 0) is 35.9 Å². The standard InChI is InChI=1S/C22H22ClF2N7/c23-16-4-5-17-15(7-16)8-29(9-18(24)25)10-20-27-28-21(32(17)20)31-13-22(14-31)11-30(12-22)19-3-1-2-6-26-19/h1-7,18H,8-14H2. The molecular formula is C22H22ClF2N7. The van der Waals surface area contributed by atoms with Gasteiger partial charge in [-0.25, -0.2) is 13.8 Å². The zero-order valence-electron chi connectivity index (χ0n) is 17.3. The van der Waals surface area contributed by atoms with Crippen LogP contribution in [0.15, 0.2) is 42.6 Å². The molecule has 0 radical (unpaired) electrons. The normalized spacial score (nSPS) is 19.4. The highest BCUT2D eigenvalue weighted by Crippen LogP contribution is 2.43. The summed E-state index contributed by atoms with van der Waals surface area (Å²) < 4.78 is 28.3. The van der Waals surface area contributed by atoms with Crippen molar-refractivity contribution in [1.82, 2.24) is 24.6 Å². The van der Waals surface area contributed by atoms with Crippen LogP contribution in [-0.4, -0.2) is 63.8 Å². The molecule has 5 heterocycles. The fourth-order valence-electron chi connectivity index (χ4n) is 5.15. The smallest absolute Gasteiger partial charge is 0.251 e. The van der Waals surface area contributed by atoms with E-state index in [1.54, 1.807) is 4.90 Å². The summed E-state index contributed by atoms with van der Waals surface area (Å²) in [5.41, 5.74) is 2.04. The minimum absolute atomic E-state index is 0.235. The van der Waals surface area contributed by atoms with Crippen LogP contribution in [0.1, 0.15) is 11.4 Å². The number of benzene rings is 1. The Hall–Kier alpha value is -2.78. The second kappa shape index (κ2) is 7.38. The van der Waals surface area contributed by atoms with E-state index in [4.69, 9.17) is 11.6 Å². The number of alkyl halides is 2. The van der Waals surface area contributed by atoms with Gasteiger partial charge >= 0.3 is 0 Å². The van der Waals surface area contributed by atoms with E-state index >= 15 is 0 Å². The van der Waals surface area contributed by atoms with Gasteiger partial charge in [0.1, 0.15) is 5.82 Å². The number of rotatable bonds is 4. The molecule has 6 rings (SSSR count). The van der Waals surface area contributed by atoms with Crippen molar-refractivity contribution in [2.75, 3.05) is 42.5 Å². The molecule has 10 heteroatoms. The topological polar surface area (TPSA) is 53.3 Å². The van der Waals surface area contributed by atoms with E-state index in [-0.39, 0.29) is 12.0 Å². The molecule has 32 heavy (non-hydrogen) atoms. The molecule has 166 valence electrons. The number of fused-ring (bicyclic) bond motifs is 3. The molecule has 0 amide bonds. The van der Waals surface area contributed by atoms with Gasteiger partial charge in [0.05, 0.1) is 18.8 Å². The third kappa shape index (κ3) is 3.31. The van der Waals surface area contributed by atoms with E-state index in [1.807, 2.05) is 47.2 Å². The van der Waals surface area contributed by atoms with Crippen molar-refractivity contribution in [2.45, 2.75) is 19.5 Å². The Labute approximate surface area is 189 Å². The van der Waals surface area contributed by atoms with Gasteiger partial charge in [0, 0.05) is 49.4 Å². The fourth-order valence-corrected chi connectivity index (χ4v) is 5.35. The van der Waals surface area contributed by atoms with Crippen LogP contribution in [0, 0.1) is 5.41 Å². The fraction of sp³-hybridized carbons (Fsp3) is 0.409. The van der Waals surface area contributed by atoms with Crippen LogP contribution in [0.2, 0.25) is 5.02 Å². The van der Waals surface area contributed by atoms with E-state index in [0.29, 0.717) is 23.9 Å². The van der Waals surface area contributed by atoms with Crippen molar-refractivity contribution >= 4 is 23.4 Å².